The lowest BCUT2D eigenvalue weighted by Gasteiger charge is -2.06. The van der Waals surface area contributed by atoms with Crippen molar-refractivity contribution in [3.63, 3.8) is 0 Å². The van der Waals surface area contributed by atoms with Crippen molar-refractivity contribution in [3.8, 4) is 0 Å². The van der Waals surface area contributed by atoms with Gasteiger partial charge in [-0.1, -0.05) is 0 Å². The summed E-state index contributed by atoms with van der Waals surface area (Å²) >= 11 is 8.57. The molecule has 0 radical (unpaired) electrons. The number of nitrogens with zero attached hydrogens (tertiary/aromatic N) is 3. The van der Waals surface area contributed by atoms with Crippen molar-refractivity contribution in [2.24, 2.45) is 0 Å². The molecule has 0 bridgehead atoms. The molecule has 0 saturated heterocycles. The van der Waals surface area contributed by atoms with Gasteiger partial charge < -0.3 is 9.88 Å². The van der Waals surface area contributed by atoms with E-state index in [9.17, 15) is 0 Å². The molecule has 2 rings (SSSR count). The SMILES string of the molecule is CCn1c(CNc2ncc(C)s2)nc(Br)c1Br. The molecular weight excluding hydrogens is 368 g/mol. The van der Waals surface area contributed by atoms with Crippen LogP contribution in [0.4, 0.5) is 5.13 Å². The number of nitrogens with one attached hydrogen (secondary N) is 1. The highest BCUT2D eigenvalue weighted by Gasteiger charge is 2.11. The number of hydrogen-bond acceptors (Lipinski definition) is 4. The molecule has 2 heterocycles. The topological polar surface area (TPSA) is 42.7 Å². The molecule has 0 aliphatic rings. The average molecular weight is 380 g/mol. The lowest BCUT2D eigenvalue weighted by Crippen LogP contribution is -2.07. The van der Waals surface area contributed by atoms with Crippen molar-refractivity contribution in [1.82, 2.24) is 14.5 Å². The van der Waals surface area contributed by atoms with E-state index in [4.69, 9.17) is 0 Å². The van der Waals surface area contributed by atoms with E-state index in [2.05, 4.69) is 58.6 Å². The number of halogens is 2. The highest BCUT2D eigenvalue weighted by Crippen LogP contribution is 2.25. The molecule has 7 heteroatoms. The van der Waals surface area contributed by atoms with E-state index in [1.54, 1.807) is 11.3 Å². The molecule has 0 unspecified atom stereocenters. The van der Waals surface area contributed by atoms with Gasteiger partial charge in [-0.2, -0.15) is 0 Å². The lowest BCUT2D eigenvalue weighted by molar-refractivity contribution is 0.695. The molecule has 0 atom stereocenters. The molecular formula is C10H12Br2N4S. The third kappa shape index (κ3) is 2.89. The Kier molecular flexibility index (Phi) is 4.22. The molecule has 0 aliphatic carbocycles. The van der Waals surface area contributed by atoms with Crippen LogP contribution in [0.5, 0.6) is 0 Å². The van der Waals surface area contributed by atoms with Crippen molar-refractivity contribution >= 4 is 48.3 Å². The Balaban J connectivity index is 2.11. The average Bonchev–Trinajstić information content (AvgIpc) is 2.82. The normalized spacial score (nSPS) is 10.8. The van der Waals surface area contributed by atoms with Gasteiger partial charge in [0.25, 0.3) is 0 Å². The predicted molar refractivity (Wildman–Crippen MR) is 77.5 cm³/mol. The number of anilines is 1. The van der Waals surface area contributed by atoms with Crippen LogP contribution in [0.25, 0.3) is 0 Å². The van der Waals surface area contributed by atoms with Crippen molar-refractivity contribution in [2.75, 3.05) is 5.32 Å². The predicted octanol–water partition coefficient (Wildman–Crippen LogP) is 3.81. The summed E-state index contributed by atoms with van der Waals surface area (Å²) in [7, 11) is 0. The molecule has 2 aromatic heterocycles. The van der Waals surface area contributed by atoms with Crippen molar-refractivity contribution in [3.05, 3.63) is 26.1 Å². The molecule has 92 valence electrons. The van der Waals surface area contributed by atoms with E-state index in [1.165, 1.54) is 4.88 Å². The monoisotopic (exact) mass is 378 g/mol. The molecule has 0 spiro atoms. The zero-order valence-electron chi connectivity index (χ0n) is 9.50. The summed E-state index contributed by atoms with van der Waals surface area (Å²) in [5, 5.41) is 4.21. The smallest absolute Gasteiger partial charge is 0.183 e. The molecule has 17 heavy (non-hydrogen) atoms. The first-order chi connectivity index (χ1) is 8.11. The van der Waals surface area contributed by atoms with E-state index < -0.39 is 0 Å². The fourth-order valence-corrected chi connectivity index (χ4v) is 3.11. The minimum Gasteiger partial charge on any atom is -0.354 e. The molecule has 1 N–H and O–H groups in total. The Morgan fingerprint density at radius 1 is 1.47 bits per heavy atom. The standard InChI is InChI=1S/C10H12Br2N4S/c1-3-16-7(15-8(11)9(16)12)5-14-10-13-4-6(2)17-10/h4H,3,5H2,1-2H3,(H,13,14). The third-order valence-corrected chi connectivity index (χ3v) is 5.04. The largest absolute Gasteiger partial charge is 0.354 e. The summed E-state index contributed by atoms with van der Waals surface area (Å²) in [6.45, 7) is 5.69. The van der Waals surface area contributed by atoms with Crippen LogP contribution in [-0.2, 0) is 13.1 Å². The summed E-state index contributed by atoms with van der Waals surface area (Å²) in [6, 6.07) is 0. The third-order valence-electron chi connectivity index (χ3n) is 2.28. The van der Waals surface area contributed by atoms with E-state index in [-0.39, 0.29) is 0 Å². The summed E-state index contributed by atoms with van der Waals surface area (Å²) in [4.78, 5) is 9.91. The zero-order chi connectivity index (χ0) is 12.4. The van der Waals surface area contributed by atoms with Gasteiger partial charge in [-0.3, -0.25) is 0 Å². The summed E-state index contributed by atoms with van der Waals surface area (Å²) in [5.41, 5.74) is 0. The number of hydrogen-bond donors (Lipinski definition) is 1. The Morgan fingerprint density at radius 3 is 2.82 bits per heavy atom. The van der Waals surface area contributed by atoms with Gasteiger partial charge in [0.15, 0.2) is 5.13 Å². The summed E-state index contributed by atoms with van der Waals surface area (Å²) in [6.07, 6.45) is 1.87. The number of rotatable bonds is 4. The Hall–Kier alpha value is -0.400. The van der Waals surface area contributed by atoms with Gasteiger partial charge in [-0.25, -0.2) is 9.97 Å². The molecule has 0 saturated carbocycles. The van der Waals surface area contributed by atoms with Crippen LogP contribution >= 0.6 is 43.2 Å². The van der Waals surface area contributed by atoms with Crippen molar-refractivity contribution in [2.45, 2.75) is 26.9 Å². The maximum absolute atomic E-state index is 4.45. The Morgan fingerprint density at radius 2 is 2.24 bits per heavy atom. The van der Waals surface area contributed by atoms with E-state index in [1.807, 2.05) is 13.1 Å². The second-order valence-corrected chi connectivity index (χ2v) is 6.22. The van der Waals surface area contributed by atoms with Gasteiger partial charge in [0.2, 0.25) is 0 Å². The van der Waals surface area contributed by atoms with Crippen molar-refractivity contribution in [1.29, 1.82) is 0 Å². The fraction of sp³-hybridized carbons (Fsp3) is 0.400. The minimum atomic E-state index is 0.672. The molecule has 2 aromatic rings. The number of imidazole rings is 1. The molecule has 0 aliphatic heterocycles. The van der Waals surface area contributed by atoms with E-state index >= 15 is 0 Å². The van der Waals surface area contributed by atoms with Gasteiger partial charge in [0.05, 0.1) is 6.54 Å². The maximum Gasteiger partial charge on any atom is 0.183 e. The van der Waals surface area contributed by atoms with Crippen LogP contribution in [0, 0.1) is 6.92 Å². The first-order valence-electron chi connectivity index (χ1n) is 5.18. The molecule has 0 fully saturated rings. The van der Waals surface area contributed by atoms with Crippen LogP contribution in [0.3, 0.4) is 0 Å². The van der Waals surface area contributed by atoms with Crippen LogP contribution in [-0.4, -0.2) is 14.5 Å². The quantitative estimate of drug-likeness (QED) is 0.878. The maximum atomic E-state index is 4.45. The van der Waals surface area contributed by atoms with E-state index in [0.717, 1.165) is 26.7 Å². The Bertz CT molecular complexity index is 520. The first-order valence-corrected chi connectivity index (χ1v) is 7.58. The second-order valence-electron chi connectivity index (χ2n) is 3.48. The van der Waals surface area contributed by atoms with Gasteiger partial charge in [-0.15, -0.1) is 11.3 Å². The van der Waals surface area contributed by atoms with Gasteiger partial charge >= 0.3 is 0 Å². The van der Waals surface area contributed by atoms with Crippen LogP contribution in [0.15, 0.2) is 15.4 Å². The molecule has 0 amide bonds. The van der Waals surface area contributed by atoms with Gasteiger partial charge in [0.1, 0.15) is 15.0 Å². The summed E-state index contributed by atoms with van der Waals surface area (Å²) < 4.78 is 3.93. The number of aromatic nitrogens is 3. The molecule has 4 nitrogen and oxygen atoms in total. The summed E-state index contributed by atoms with van der Waals surface area (Å²) in [5.74, 6) is 0.985. The fourth-order valence-electron chi connectivity index (χ4n) is 1.49. The second kappa shape index (κ2) is 5.49. The van der Waals surface area contributed by atoms with Crippen LogP contribution in [0.1, 0.15) is 17.6 Å². The Labute approximate surface area is 121 Å². The highest BCUT2D eigenvalue weighted by molar-refractivity contribution is 9.13. The minimum absolute atomic E-state index is 0.672. The lowest BCUT2D eigenvalue weighted by atomic mass is 10.5. The van der Waals surface area contributed by atoms with Crippen LogP contribution < -0.4 is 5.32 Å². The molecule has 0 aromatic carbocycles. The van der Waals surface area contributed by atoms with Gasteiger partial charge in [0, 0.05) is 17.6 Å². The number of thiazole rings is 1. The van der Waals surface area contributed by atoms with Crippen molar-refractivity contribution < 1.29 is 0 Å². The van der Waals surface area contributed by atoms with Crippen LogP contribution in [0.2, 0.25) is 0 Å². The first kappa shape index (κ1) is 13.0. The van der Waals surface area contributed by atoms with E-state index in [0.29, 0.717) is 6.54 Å². The van der Waals surface area contributed by atoms with Gasteiger partial charge in [-0.05, 0) is 45.7 Å². The number of aryl methyl sites for hydroxylation is 1. The zero-order valence-corrected chi connectivity index (χ0v) is 13.5. The highest BCUT2D eigenvalue weighted by atomic mass is 79.9.